The second-order valence-corrected chi connectivity index (χ2v) is 4.66. The predicted octanol–water partition coefficient (Wildman–Crippen LogP) is 2.00. The molecule has 0 aliphatic carbocycles. The Bertz CT molecular complexity index is 427. The van der Waals surface area contributed by atoms with Crippen LogP contribution in [-0.2, 0) is 11.3 Å². The highest BCUT2D eigenvalue weighted by Gasteiger charge is 2.12. The summed E-state index contributed by atoms with van der Waals surface area (Å²) < 4.78 is 34.1. The summed E-state index contributed by atoms with van der Waals surface area (Å²) in [6.07, 6.45) is -0.633. The van der Waals surface area contributed by atoms with Gasteiger partial charge in [0.15, 0.2) is 0 Å². The van der Waals surface area contributed by atoms with Crippen LogP contribution in [0.4, 0.5) is 8.78 Å². The van der Waals surface area contributed by atoms with E-state index in [0.29, 0.717) is 18.7 Å². The molecule has 20 heavy (non-hydrogen) atoms. The van der Waals surface area contributed by atoms with Gasteiger partial charge < -0.3 is 19.9 Å². The minimum atomic E-state index is -2.85. The number of benzene rings is 1. The molecule has 1 rings (SSSR count). The molecule has 4 nitrogen and oxygen atoms in total. The van der Waals surface area contributed by atoms with Gasteiger partial charge in [-0.1, -0.05) is 6.07 Å². The Morgan fingerprint density at radius 2 is 1.90 bits per heavy atom. The van der Waals surface area contributed by atoms with Crippen molar-refractivity contribution in [2.75, 3.05) is 20.3 Å². The minimum Gasteiger partial charge on any atom is -0.434 e. The van der Waals surface area contributed by atoms with Crippen LogP contribution in [0.5, 0.6) is 5.75 Å². The topological polar surface area (TPSA) is 50.7 Å². The Balaban J connectivity index is 2.69. The van der Waals surface area contributed by atoms with Crippen molar-refractivity contribution in [3.8, 4) is 5.75 Å². The lowest BCUT2D eigenvalue weighted by molar-refractivity contribution is -0.0505. The third-order valence-electron chi connectivity index (χ3n) is 2.95. The molecular weight excluding hydrogens is 268 g/mol. The molecule has 114 valence electrons. The normalized spacial score (nSPS) is 12.8. The summed E-state index contributed by atoms with van der Waals surface area (Å²) >= 11 is 0. The van der Waals surface area contributed by atoms with Crippen LogP contribution in [0, 0.1) is 13.8 Å². The van der Waals surface area contributed by atoms with Gasteiger partial charge in [0.25, 0.3) is 0 Å². The van der Waals surface area contributed by atoms with E-state index in [2.05, 4.69) is 10.1 Å². The summed E-state index contributed by atoms with van der Waals surface area (Å²) in [5.41, 5.74) is 2.53. The van der Waals surface area contributed by atoms with E-state index in [0.717, 1.165) is 11.1 Å². The molecule has 0 aliphatic heterocycles. The summed E-state index contributed by atoms with van der Waals surface area (Å²) in [6.45, 7) is 1.77. The van der Waals surface area contributed by atoms with Gasteiger partial charge in [-0.3, -0.25) is 0 Å². The van der Waals surface area contributed by atoms with E-state index >= 15 is 0 Å². The number of hydrogen-bond donors (Lipinski definition) is 2. The van der Waals surface area contributed by atoms with Gasteiger partial charge in [0.2, 0.25) is 0 Å². The molecule has 2 N–H and O–H groups in total. The van der Waals surface area contributed by atoms with E-state index in [9.17, 15) is 13.9 Å². The second-order valence-electron chi connectivity index (χ2n) is 4.66. The number of rotatable bonds is 8. The summed E-state index contributed by atoms with van der Waals surface area (Å²) in [4.78, 5) is 0. The van der Waals surface area contributed by atoms with Crippen LogP contribution in [0.25, 0.3) is 0 Å². The molecule has 0 aliphatic rings. The molecule has 0 heterocycles. The van der Waals surface area contributed by atoms with Crippen LogP contribution in [0.15, 0.2) is 12.1 Å². The first-order chi connectivity index (χ1) is 9.43. The zero-order valence-corrected chi connectivity index (χ0v) is 12.0. The van der Waals surface area contributed by atoms with Crippen molar-refractivity contribution in [2.24, 2.45) is 0 Å². The highest BCUT2D eigenvalue weighted by atomic mass is 19.3. The molecule has 0 saturated carbocycles. The predicted molar refractivity (Wildman–Crippen MR) is 72.1 cm³/mol. The SMILES string of the molecule is COCC(O)CNCc1cc(C)c(C)cc1OC(F)F. The Hall–Kier alpha value is -1.24. The van der Waals surface area contributed by atoms with Crippen molar-refractivity contribution in [3.05, 3.63) is 28.8 Å². The lowest BCUT2D eigenvalue weighted by Crippen LogP contribution is -2.29. The van der Waals surface area contributed by atoms with E-state index < -0.39 is 12.7 Å². The third kappa shape index (κ3) is 5.40. The van der Waals surface area contributed by atoms with Gasteiger partial charge in [-0.2, -0.15) is 8.78 Å². The molecule has 0 aromatic heterocycles. The molecule has 0 spiro atoms. The first-order valence-electron chi connectivity index (χ1n) is 6.36. The first-order valence-corrected chi connectivity index (χ1v) is 6.36. The van der Waals surface area contributed by atoms with Crippen molar-refractivity contribution in [3.63, 3.8) is 0 Å². The van der Waals surface area contributed by atoms with Crippen molar-refractivity contribution in [1.82, 2.24) is 5.32 Å². The van der Waals surface area contributed by atoms with Gasteiger partial charge in [0, 0.05) is 25.8 Å². The molecule has 0 saturated heterocycles. The van der Waals surface area contributed by atoms with E-state index in [-0.39, 0.29) is 12.4 Å². The van der Waals surface area contributed by atoms with Crippen LogP contribution in [0.1, 0.15) is 16.7 Å². The number of aryl methyl sites for hydroxylation is 2. The maximum Gasteiger partial charge on any atom is 0.387 e. The van der Waals surface area contributed by atoms with E-state index in [1.54, 1.807) is 6.07 Å². The molecule has 1 unspecified atom stereocenters. The molecule has 1 aromatic rings. The summed E-state index contributed by atoms with van der Waals surface area (Å²) in [6, 6.07) is 3.41. The fourth-order valence-electron chi connectivity index (χ4n) is 1.82. The fourth-order valence-corrected chi connectivity index (χ4v) is 1.82. The highest BCUT2D eigenvalue weighted by molar-refractivity contribution is 5.41. The standard InChI is InChI=1S/C14H21F2NO3/c1-9-4-11(6-17-7-12(18)8-19-3)13(5-10(9)2)20-14(15)16/h4-5,12,14,17-18H,6-8H2,1-3H3. The maximum absolute atomic E-state index is 12.4. The van der Waals surface area contributed by atoms with Gasteiger partial charge in [-0.05, 0) is 31.0 Å². The summed E-state index contributed by atoms with van der Waals surface area (Å²) in [5.74, 6) is 0.164. The van der Waals surface area contributed by atoms with E-state index in [4.69, 9.17) is 4.74 Å². The quantitative estimate of drug-likeness (QED) is 0.768. The summed E-state index contributed by atoms with van der Waals surface area (Å²) in [5, 5.41) is 12.5. The molecule has 1 aromatic carbocycles. The van der Waals surface area contributed by atoms with Gasteiger partial charge >= 0.3 is 6.61 Å². The molecule has 0 bridgehead atoms. The van der Waals surface area contributed by atoms with Crippen molar-refractivity contribution >= 4 is 0 Å². The van der Waals surface area contributed by atoms with E-state index in [1.165, 1.54) is 7.11 Å². The average molecular weight is 289 g/mol. The Labute approximate surface area is 117 Å². The van der Waals surface area contributed by atoms with Gasteiger partial charge in [0.05, 0.1) is 12.7 Å². The Kier molecular flexibility index (Phi) is 6.84. The number of methoxy groups -OCH3 is 1. The summed E-state index contributed by atoms with van der Waals surface area (Å²) in [7, 11) is 1.50. The monoisotopic (exact) mass is 289 g/mol. The van der Waals surface area contributed by atoms with Crippen LogP contribution >= 0.6 is 0 Å². The van der Waals surface area contributed by atoms with Gasteiger partial charge in [-0.15, -0.1) is 0 Å². The molecule has 1 atom stereocenters. The number of ether oxygens (including phenoxy) is 2. The van der Waals surface area contributed by atoms with Crippen LogP contribution < -0.4 is 10.1 Å². The Morgan fingerprint density at radius 3 is 2.50 bits per heavy atom. The van der Waals surface area contributed by atoms with Gasteiger partial charge in [0.1, 0.15) is 5.75 Å². The maximum atomic E-state index is 12.4. The van der Waals surface area contributed by atoms with Crippen molar-refractivity contribution in [1.29, 1.82) is 0 Å². The van der Waals surface area contributed by atoms with Gasteiger partial charge in [-0.25, -0.2) is 0 Å². The number of halogens is 2. The first kappa shape index (κ1) is 16.8. The highest BCUT2D eigenvalue weighted by Crippen LogP contribution is 2.24. The van der Waals surface area contributed by atoms with Crippen molar-refractivity contribution < 1.29 is 23.4 Å². The second kappa shape index (κ2) is 8.14. The van der Waals surface area contributed by atoms with Crippen LogP contribution in [0.3, 0.4) is 0 Å². The zero-order valence-electron chi connectivity index (χ0n) is 12.0. The lowest BCUT2D eigenvalue weighted by Gasteiger charge is -2.15. The number of aliphatic hydroxyl groups excluding tert-OH is 1. The zero-order chi connectivity index (χ0) is 15.1. The molecule has 0 radical (unpaired) electrons. The molecular formula is C14H21F2NO3. The third-order valence-corrected chi connectivity index (χ3v) is 2.95. The molecule has 6 heteroatoms. The number of alkyl halides is 2. The number of hydrogen-bond acceptors (Lipinski definition) is 4. The van der Waals surface area contributed by atoms with Crippen LogP contribution in [-0.4, -0.2) is 38.1 Å². The fraction of sp³-hybridized carbons (Fsp3) is 0.571. The van der Waals surface area contributed by atoms with Crippen LogP contribution in [0.2, 0.25) is 0 Å². The smallest absolute Gasteiger partial charge is 0.387 e. The average Bonchev–Trinajstić information content (AvgIpc) is 2.34. The van der Waals surface area contributed by atoms with Crippen molar-refractivity contribution in [2.45, 2.75) is 33.1 Å². The Morgan fingerprint density at radius 1 is 1.25 bits per heavy atom. The largest absolute Gasteiger partial charge is 0.434 e. The number of aliphatic hydroxyl groups is 1. The molecule has 0 amide bonds. The minimum absolute atomic E-state index is 0.164. The molecule has 0 fully saturated rings. The lowest BCUT2D eigenvalue weighted by atomic mass is 10.0. The van der Waals surface area contributed by atoms with E-state index in [1.807, 2.05) is 19.9 Å². The number of nitrogens with one attached hydrogen (secondary N) is 1.